The SMILES string of the molecule is CCN(CC)c1ccc(Cl)cc1/C=C/C(=O)O. The molecule has 0 bridgehead atoms. The topological polar surface area (TPSA) is 40.5 Å². The van der Waals surface area contributed by atoms with Crippen LogP contribution in [0, 0.1) is 0 Å². The van der Waals surface area contributed by atoms with Crippen molar-refractivity contribution < 1.29 is 9.90 Å². The minimum atomic E-state index is -0.963. The predicted octanol–water partition coefficient (Wildman–Crippen LogP) is 3.28. The van der Waals surface area contributed by atoms with Crippen LogP contribution in [0.1, 0.15) is 19.4 Å². The maximum absolute atomic E-state index is 10.5. The minimum absolute atomic E-state index is 0.603. The van der Waals surface area contributed by atoms with Crippen molar-refractivity contribution in [2.45, 2.75) is 13.8 Å². The standard InChI is InChI=1S/C13H16ClNO2/c1-3-15(4-2)12-7-6-11(14)9-10(12)5-8-13(16)17/h5-9H,3-4H2,1-2H3,(H,16,17)/b8-5+. The van der Waals surface area contributed by atoms with Crippen molar-refractivity contribution in [3.63, 3.8) is 0 Å². The second-order valence-electron chi connectivity index (χ2n) is 3.55. The summed E-state index contributed by atoms with van der Waals surface area (Å²) in [6.45, 7) is 5.85. The summed E-state index contributed by atoms with van der Waals surface area (Å²) in [4.78, 5) is 12.7. The first kappa shape index (κ1) is 13.6. The molecule has 0 amide bonds. The number of benzene rings is 1. The van der Waals surface area contributed by atoms with E-state index in [1.807, 2.05) is 12.1 Å². The number of halogens is 1. The van der Waals surface area contributed by atoms with E-state index in [-0.39, 0.29) is 0 Å². The van der Waals surface area contributed by atoms with Gasteiger partial charge in [-0.2, -0.15) is 0 Å². The molecule has 0 aliphatic heterocycles. The van der Waals surface area contributed by atoms with E-state index >= 15 is 0 Å². The fourth-order valence-corrected chi connectivity index (χ4v) is 1.85. The molecule has 1 aromatic carbocycles. The number of hydrogen-bond donors (Lipinski definition) is 1. The van der Waals surface area contributed by atoms with Crippen molar-refractivity contribution in [2.75, 3.05) is 18.0 Å². The molecule has 1 rings (SSSR count). The Hall–Kier alpha value is -1.48. The van der Waals surface area contributed by atoms with E-state index in [2.05, 4.69) is 18.7 Å². The van der Waals surface area contributed by atoms with Crippen molar-refractivity contribution in [3.05, 3.63) is 34.9 Å². The number of aliphatic carboxylic acids is 1. The fraction of sp³-hybridized carbons (Fsp3) is 0.308. The van der Waals surface area contributed by atoms with E-state index < -0.39 is 5.97 Å². The lowest BCUT2D eigenvalue weighted by molar-refractivity contribution is -0.131. The van der Waals surface area contributed by atoms with Crippen molar-refractivity contribution >= 4 is 29.3 Å². The first-order valence-corrected chi connectivity index (χ1v) is 5.91. The number of carbonyl (C=O) groups is 1. The summed E-state index contributed by atoms with van der Waals surface area (Å²) >= 11 is 5.92. The molecule has 0 spiro atoms. The van der Waals surface area contributed by atoms with E-state index in [1.165, 1.54) is 0 Å². The number of nitrogens with zero attached hydrogens (tertiary/aromatic N) is 1. The highest BCUT2D eigenvalue weighted by Crippen LogP contribution is 2.25. The van der Waals surface area contributed by atoms with Crippen LogP contribution in [0.3, 0.4) is 0 Å². The Morgan fingerprint density at radius 3 is 2.59 bits per heavy atom. The van der Waals surface area contributed by atoms with Gasteiger partial charge in [-0.25, -0.2) is 4.79 Å². The third-order valence-corrected chi connectivity index (χ3v) is 2.73. The van der Waals surface area contributed by atoms with Crippen molar-refractivity contribution in [1.29, 1.82) is 0 Å². The van der Waals surface area contributed by atoms with Gasteiger partial charge in [-0.05, 0) is 43.7 Å². The zero-order valence-corrected chi connectivity index (χ0v) is 10.7. The fourth-order valence-electron chi connectivity index (χ4n) is 1.67. The van der Waals surface area contributed by atoms with Crippen LogP contribution >= 0.6 is 11.6 Å². The molecule has 0 unspecified atom stereocenters. The highest BCUT2D eigenvalue weighted by Gasteiger charge is 2.07. The van der Waals surface area contributed by atoms with Crippen molar-refractivity contribution in [1.82, 2.24) is 0 Å². The average Bonchev–Trinajstić information content (AvgIpc) is 2.30. The highest BCUT2D eigenvalue weighted by molar-refractivity contribution is 6.30. The summed E-state index contributed by atoms with van der Waals surface area (Å²) in [6.07, 6.45) is 2.69. The lowest BCUT2D eigenvalue weighted by Crippen LogP contribution is -2.22. The third kappa shape index (κ3) is 3.79. The first-order chi connectivity index (χ1) is 8.08. The second-order valence-corrected chi connectivity index (χ2v) is 3.98. The van der Waals surface area contributed by atoms with Gasteiger partial charge in [0.25, 0.3) is 0 Å². The molecule has 3 nitrogen and oxygen atoms in total. The van der Waals surface area contributed by atoms with Gasteiger partial charge >= 0.3 is 5.97 Å². The molecule has 17 heavy (non-hydrogen) atoms. The summed E-state index contributed by atoms with van der Waals surface area (Å²) in [7, 11) is 0. The molecule has 92 valence electrons. The molecule has 0 radical (unpaired) electrons. The van der Waals surface area contributed by atoms with Crippen molar-refractivity contribution in [3.8, 4) is 0 Å². The van der Waals surface area contributed by atoms with Gasteiger partial charge in [-0.1, -0.05) is 11.6 Å². The van der Waals surface area contributed by atoms with Crippen LogP contribution in [0.25, 0.3) is 6.08 Å². The van der Waals surface area contributed by atoms with Gasteiger partial charge in [-0.15, -0.1) is 0 Å². The monoisotopic (exact) mass is 253 g/mol. The molecule has 1 N–H and O–H groups in total. The number of hydrogen-bond acceptors (Lipinski definition) is 2. The van der Waals surface area contributed by atoms with Gasteiger partial charge in [-0.3, -0.25) is 0 Å². The molecule has 0 heterocycles. The molecular weight excluding hydrogens is 238 g/mol. The summed E-state index contributed by atoms with van der Waals surface area (Å²) in [5.74, 6) is -0.963. The predicted molar refractivity (Wildman–Crippen MR) is 71.7 cm³/mol. The Balaban J connectivity index is 3.15. The average molecular weight is 254 g/mol. The Bertz CT molecular complexity index is 425. The summed E-state index contributed by atoms with van der Waals surface area (Å²) in [6, 6.07) is 5.50. The van der Waals surface area contributed by atoms with E-state index in [0.29, 0.717) is 5.02 Å². The minimum Gasteiger partial charge on any atom is -0.478 e. The van der Waals surface area contributed by atoms with Gasteiger partial charge in [0.15, 0.2) is 0 Å². The molecule has 0 saturated carbocycles. The van der Waals surface area contributed by atoms with E-state index in [0.717, 1.165) is 30.4 Å². The van der Waals surface area contributed by atoms with E-state index in [4.69, 9.17) is 16.7 Å². The maximum Gasteiger partial charge on any atom is 0.328 e. The van der Waals surface area contributed by atoms with Crippen LogP contribution < -0.4 is 4.90 Å². The molecule has 0 atom stereocenters. The molecule has 0 saturated heterocycles. The molecular formula is C13H16ClNO2. The number of carboxylic acid groups (broad SMARTS) is 1. The van der Waals surface area contributed by atoms with Crippen LogP contribution in [0.15, 0.2) is 24.3 Å². The lowest BCUT2D eigenvalue weighted by Gasteiger charge is -2.23. The molecule has 0 aliphatic carbocycles. The molecule has 0 fully saturated rings. The van der Waals surface area contributed by atoms with Crippen LogP contribution in [-0.2, 0) is 4.79 Å². The maximum atomic E-state index is 10.5. The summed E-state index contributed by atoms with van der Waals surface area (Å²) in [5, 5.41) is 9.26. The number of rotatable bonds is 5. The van der Waals surface area contributed by atoms with Crippen LogP contribution in [0.2, 0.25) is 5.02 Å². The summed E-state index contributed by atoms with van der Waals surface area (Å²) in [5.41, 5.74) is 1.82. The molecule has 0 aliphatic rings. The molecule has 1 aromatic rings. The quantitative estimate of drug-likeness (QED) is 0.819. The van der Waals surface area contributed by atoms with Gasteiger partial charge in [0.1, 0.15) is 0 Å². The Labute approximate surface area is 106 Å². The largest absolute Gasteiger partial charge is 0.478 e. The highest BCUT2D eigenvalue weighted by atomic mass is 35.5. The zero-order valence-electron chi connectivity index (χ0n) is 9.98. The van der Waals surface area contributed by atoms with E-state index in [9.17, 15) is 4.79 Å². The number of carboxylic acids is 1. The normalized spacial score (nSPS) is 10.8. The zero-order chi connectivity index (χ0) is 12.8. The van der Waals surface area contributed by atoms with Gasteiger partial charge in [0.05, 0.1) is 0 Å². The number of anilines is 1. The molecule has 0 aromatic heterocycles. The van der Waals surface area contributed by atoms with Gasteiger partial charge in [0, 0.05) is 29.9 Å². The Morgan fingerprint density at radius 2 is 2.06 bits per heavy atom. The Kier molecular flexibility index (Phi) is 5.04. The Morgan fingerprint density at radius 1 is 1.41 bits per heavy atom. The van der Waals surface area contributed by atoms with Gasteiger partial charge < -0.3 is 10.0 Å². The molecule has 4 heteroatoms. The third-order valence-electron chi connectivity index (χ3n) is 2.50. The van der Waals surface area contributed by atoms with E-state index in [1.54, 1.807) is 12.1 Å². The van der Waals surface area contributed by atoms with Crippen LogP contribution in [0.4, 0.5) is 5.69 Å². The second kappa shape index (κ2) is 6.30. The van der Waals surface area contributed by atoms with Crippen LogP contribution in [-0.4, -0.2) is 24.2 Å². The summed E-state index contributed by atoms with van der Waals surface area (Å²) < 4.78 is 0. The first-order valence-electron chi connectivity index (χ1n) is 5.54. The van der Waals surface area contributed by atoms with Crippen LogP contribution in [0.5, 0.6) is 0 Å². The lowest BCUT2D eigenvalue weighted by atomic mass is 10.1. The van der Waals surface area contributed by atoms with Crippen molar-refractivity contribution in [2.24, 2.45) is 0 Å². The smallest absolute Gasteiger partial charge is 0.328 e. The van der Waals surface area contributed by atoms with Gasteiger partial charge in [0.2, 0.25) is 0 Å².